The van der Waals surface area contributed by atoms with E-state index >= 15 is 0 Å². The van der Waals surface area contributed by atoms with E-state index in [1.165, 1.54) is 0 Å². The maximum absolute atomic E-state index is 13.1. The first kappa shape index (κ1) is 19.2. The van der Waals surface area contributed by atoms with Gasteiger partial charge in [0.2, 0.25) is 5.91 Å². The number of rotatable bonds is 3. The highest BCUT2D eigenvalue weighted by atomic mass is 16.2. The van der Waals surface area contributed by atoms with E-state index < -0.39 is 11.4 Å². The van der Waals surface area contributed by atoms with Crippen LogP contribution in [-0.4, -0.2) is 37.9 Å². The molecule has 0 spiro atoms. The fourth-order valence-corrected chi connectivity index (χ4v) is 4.53. The molecule has 1 fully saturated rings. The largest absolute Gasteiger partial charge is 0.320 e. The van der Waals surface area contributed by atoms with E-state index in [0.717, 1.165) is 27.9 Å². The average Bonchev–Trinajstić information content (AvgIpc) is 3.32. The quantitative estimate of drug-likeness (QED) is 0.668. The Bertz CT molecular complexity index is 1230. The van der Waals surface area contributed by atoms with Crippen molar-refractivity contribution in [3.8, 4) is 22.4 Å². The standard InChI is InChI=1S/C24H22N4O3/c1-24(11-10-20(29)26-23(24)31)28-14-17-12-16(8-9-18(17)22(28)30)19-13-25-27(2)21(19)15-6-4-3-5-7-15/h3-9,12-13H,10-11,14H2,1-2H3,(H,26,29,31)/t24-/m0/s1. The van der Waals surface area contributed by atoms with Crippen molar-refractivity contribution in [2.45, 2.75) is 31.8 Å². The lowest BCUT2D eigenvalue weighted by atomic mass is 9.89. The van der Waals surface area contributed by atoms with Crippen molar-refractivity contribution < 1.29 is 14.4 Å². The lowest BCUT2D eigenvalue weighted by Gasteiger charge is -2.39. The average molecular weight is 414 g/mol. The summed E-state index contributed by atoms with van der Waals surface area (Å²) in [5, 5.41) is 6.83. The molecule has 31 heavy (non-hydrogen) atoms. The topological polar surface area (TPSA) is 84.3 Å². The van der Waals surface area contributed by atoms with Crippen molar-refractivity contribution >= 4 is 17.7 Å². The molecule has 3 heterocycles. The smallest absolute Gasteiger partial charge is 0.255 e. The third kappa shape index (κ3) is 2.96. The molecular weight excluding hydrogens is 392 g/mol. The Hall–Kier alpha value is -3.74. The molecule has 1 atom stereocenters. The number of aryl methyl sites for hydroxylation is 1. The van der Waals surface area contributed by atoms with Crippen LogP contribution < -0.4 is 5.32 Å². The Morgan fingerprint density at radius 2 is 1.77 bits per heavy atom. The number of piperidine rings is 1. The second kappa shape index (κ2) is 6.91. The minimum absolute atomic E-state index is 0.178. The molecule has 0 radical (unpaired) electrons. The van der Waals surface area contributed by atoms with E-state index in [1.807, 2.05) is 66.5 Å². The number of carbonyl (C=O) groups is 3. The van der Waals surface area contributed by atoms with Crippen molar-refractivity contribution in [2.24, 2.45) is 7.05 Å². The molecule has 0 saturated carbocycles. The van der Waals surface area contributed by atoms with Crippen molar-refractivity contribution in [3.63, 3.8) is 0 Å². The maximum Gasteiger partial charge on any atom is 0.255 e. The molecule has 1 N–H and O–H groups in total. The summed E-state index contributed by atoms with van der Waals surface area (Å²) in [7, 11) is 1.91. The fraction of sp³-hybridized carbons (Fsp3) is 0.250. The Kier molecular flexibility index (Phi) is 4.28. The first-order chi connectivity index (χ1) is 14.9. The van der Waals surface area contributed by atoms with Crippen molar-refractivity contribution in [3.05, 3.63) is 65.9 Å². The molecule has 156 valence electrons. The molecule has 7 nitrogen and oxygen atoms in total. The summed E-state index contributed by atoms with van der Waals surface area (Å²) in [4.78, 5) is 38.9. The second-order valence-corrected chi connectivity index (χ2v) is 8.31. The van der Waals surface area contributed by atoms with Gasteiger partial charge >= 0.3 is 0 Å². The number of amides is 3. The van der Waals surface area contributed by atoms with Gasteiger partial charge in [0, 0.05) is 36.7 Å². The number of hydrogen-bond donors (Lipinski definition) is 1. The van der Waals surface area contributed by atoms with Crippen molar-refractivity contribution in [1.82, 2.24) is 20.0 Å². The summed E-state index contributed by atoms with van der Waals surface area (Å²) in [6, 6.07) is 15.8. The number of nitrogens with one attached hydrogen (secondary N) is 1. The van der Waals surface area contributed by atoms with Gasteiger partial charge in [0.25, 0.3) is 11.8 Å². The summed E-state index contributed by atoms with van der Waals surface area (Å²) < 4.78 is 1.85. The molecule has 1 saturated heterocycles. The van der Waals surface area contributed by atoms with Gasteiger partial charge in [-0.2, -0.15) is 5.10 Å². The van der Waals surface area contributed by atoms with E-state index in [2.05, 4.69) is 10.4 Å². The zero-order valence-electron chi connectivity index (χ0n) is 17.4. The molecule has 2 aliphatic rings. The molecule has 0 aliphatic carbocycles. The maximum atomic E-state index is 13.1. The van der Waals surface area contributed by atoms with Gasteiger partial charge in [-0.3, -0.25) is 24.4 Å². The minimum atomic E-state index is -1.03. The fourth-order valence-electron chi connectivity index (χ4n) is 4.53. The van der Waals surface area contributed by atoms with E-state index in [0.29, 0.717) is 18.5 Å². The van der Waals surface area contributed by atoms with Crippen LogP contribution in [-0.2, 0) is 23.2 Å². The van der Waals surface area contributed by atoms with Gasteiger partial charge in [-0.05, 0) is 36.6 Å². The van der Waals surface area contributed by atoms with Gasteiger partial charge in [0.15, 0.2) is 0 Å². The highest BCUT2D eigenvalue weighted by Crippen LogP contribution is 2.37. The lowest BCUT2D eigenvalue weighted by Crippen LogP contribution is -2.61. The lowest BCUT2D eigenvalue weighted by molar-refractivity contribution is -0.142. The molecule has 7 heteroatoms. The summed E-state index contributed by atoms with van der Waals surface area (Å²) in [5.41, 5.74) is 4.44. The third-order valence-corrected chi connectivity index (χ3v) is 6.38. The van der Waals surface area contributed by atoms with Crippen LogP contribution in [0.1, 0.15) is 35.7 Å². The van der Waals surface area contributed by atoms with Crippen molar-refractivity contribution in [1.29, 1.82) is 0 Å². The number of benzene rings is 2. The van der Waals surface area contributed by atoms with E-state index in [-0.39, 0.29) is 18.2 Å². The molecule has 2 aliphatic heterocycles. The molecule has 3 aromatic rings. The van der Waals surface area contributed by atoms with Gasteiger partial charge in [0.05, 0.1) is 11.9 Å². The molecule has 0 bridgehead atoms. The van der Waals surface area contributed by atoms with Gasteiger partial charge in [-0.25, -0.2) is 0 Å². The Morgan fingerprint density at radius 3 is 2.52 bits per heavy atom. The van der Waals surface area contributed by atoms with Gasteiger partial charge in [-0.1, -0.05) is 36.4 Å². The monoisotopic (exact) mass is 414 g/mol. The number of fused-ring (bicyclic) bond motifs is 1. The molecule has 3 amide bonds. The first-order valence-electron chi connectivity index (χ1n) is 10.3. The first-order valence-corrected chi connectivity index (χ1v) is 10.3. The predicted octanol–water partition coefficient (Wildman–Crippen LogP) is 2.91. The van der Waals surface area contributed by atoms with E-state index in [9.17, 15) is 14.4 Å². The van der Waals surface area contributed by atoms with Gasteiger partial charge in [-0.15, -0.1) is 0 Å². The van der Waals surface area contributed by atoms with Crippen LogP contribution >= 0.6 is 0 Å². The van der Waals surface area contributed by atoms with E-state index in [4.69, 9.17) is 0 Å². The normalized spacial score (nSPS) is 20.7. The Balaban J connectivity index is 1.52. The summed E-state index contributed by atoms with van der Waals surface area (Å²) in [6.07, 6.45) is 2.38. The van der Waals surface area contributed by atoms with Gasteiger partial charge in [0.1, 0.15) is 5.54 Å². The number of aromatic nitrogens is 2. The summed E-state index contributed by atoms with van der Waals surface area (Å²) in [5.74, 6) is -0.884. The number of hydrogen-bond acceptors (Lipinski definition) is 4. The van der Waals surface area contributed by atoms with Crippen LogP contribution in [0.3, 0.4) is 0 Å². The Labute approximate surface area is 179 Å². The highest BCUT2D eigenvalue weighted by molar-refractivity contribution is 6.07. The Morgan fingerprint density at radius 1 is 1.00 bits per heavy atom. The van der Waals surface area contributed by atoms with Crippen LogP contribution in [0, 0.1) is 0 Å². The van der Waals surface area contributed by atoms with Crippen LogP contribution in [0.5, 0.6) is 0 Å². The number of nitrogens with zero attached hydrogens (tertiary/aromatic N) is 3. The second-order valence-electron chi connectivity index (χ2n) is 8.31. The summed E-state index contributed by atoms with van der Waals surface area (Å²) in [6.45, 7) is 2.06. The highest BCUT2D eigenvalue weighted by Gasteiger charge is 2.48. The van der Waals surface area contributed by atoms with Crippen LogP contribution in [0.2, 0.25) is 0 Å². The van der Waals surface area contributed by atoms with Gasteiger partial charge < -0.3 is 4.90 Å². The predicted molar refractivity (Wildman–Crippen MR) is 115 cm³/mol. The molecule has 0 unspecified atom stereocenters. The molecular formula is C24H22N4O3. The van der Waals surface area contributed by atoms with E-state index in [1.54, 1.807) is 11.8 Å². The molecule has 5 rings (SSSR count). The van der Waals surface area contributed by atoms with Crippen molar-refractivity contribution in [2.75, 3.05) is 0 Å². The number of carbonyl (C=O) groups excluding carboxylic acids is 3. The minimum Gasteiger partial charge on any atom is -0.320 e. The number of imide groups is 1. The van der Waals surface area contributed by atoms with Crippen LogP contribution in [0.25, 0.3) is 22.4 Å². The zero-order chi connectivity index (χ0) is 21.8. The SMILES string of the molecule is Cn1ncc(-c2ccc3c(c2)CN([C@@]2(C)CCC(=O)NC2=O)C3=O)c1-c1ccccc1. The third-order valence-electron chi connectivity index (χ3n) is 6.38. The van der Waals surface area contributed by atoms with Crippen LogP contribution in [0.15, 0.2) is 54.7 Å². The summed E-state index contributed by atoms with van der Waals surface area (Å²) >= 11 is 0. The molecule has 2 aromatic carbocycles. The zero-order valence-corrected chi connectivity index (χ0v) is 17.4. The van der Waals surface area contributed by atoms with Crippen LogP contribution in [0.4, 0.5) is 0 Å². The molecule has 1 aromatic heterocycles.